The van der Waals surface area contributed by atoms with Gasteiger partial charge in [0.1, 0.15) is 24.2 Å². The Morgan fingerprint density at radius 3 is 2.72 bits per heavy atom. The van der Waals surface area contributed by atoms with Gasteiger partial charge in [-0.25, -0.2) is 4.39 Å². The number of anilines is 1. The summed E-state index contributed by atoms with van der Waals surface area (Å²) in [5.41, 5.74) is 3.62. The highest BCUT2D eigenvalue weighted by Gasteiger charge is 2.30. The zero-order valence-corrected chi connectivity index (χ0v) is 17.3. The lowest BCUT2D eigenvalue weighted by atomic mass is 10.0. The molecule has 2 heterocycles. The van der Waals surface area contributed by atoms with Gasteiger partial charge in [0.15, 0.2) is 0 Å². The quantitative estimate of drug-likeness (QED) is 0.514. The molecule has 160 valence electrons. The number of halogens is 1. The van der Waals surface area contributed by atoms with Gasteiger partial charge in [-0.05, 0) is 48.0 Å². The van der Waals surface area contributed by atoms with Gasteiger partial charge < -0.3 is 19.9 Å². The van der Waals surface area contributed by atoms with E-state index in [1.807, 2.05) is 24.4 Å². The molecule has 7 heteroatoms. The van der Waals surface area contributed by atoms with Crippen LogP contribution in [0.1, 0.15) is 10.4 Å². The van der Waals surface area contributed by atoms with Crippen molar-refractivity contribution in [3.05, 3.63) is 84.3 Å². The van der Waals surface area contributed by atoms with Crippen LogP contribution in [0, 0.1) is 5.82 Å². The molecule has 0 saturated heterocycles. The number of aromatic nitrogens is 1. The second kappa shape index (κ2) is 7.85. The largest absolute Gasteiger partial charge is 0.489 e. The maximum atomic E-state index is 13.3. The van der Waals surface area contributed by atoms with Crippen LogP contribution < -0.4 is 15.0 Å². The molecular formula is C25H20FN3O3. The van der Waals surface area contributed by atoms with Gasteiger partial charge in [0, 0.05) is 35.3 Å². The van der Waals surface area contributed by atoms with Crippen LogP contribution in [0.25, 0.3) is 22.0 Å². The van der Waals surface area contributed by atoms with Crippen LogP contribution in [-0.4, -0.2) is 36.5 Å². The molecule has 0 aliphatic carbocycles. The molecule has 2 N–H and O–H groups in total. The highest BCUT2D eigenvalue weighted by molar-refractivity contribution is 6.06. The molecule has 2 amide bonds. The van der Waals surface area contributed by atoms with E-state index in [0.717, 1.165) is 22.0 Å². The molecule has 0 saturated carbocycles. The Kier molecular flexibility index (Phi) is 4.86. The monoisotopic (exact) mass is 429 g/mol. The minimum absolute atomic E-state index is 0.0408. The normalized spacial score (nSPS) is 15.8. The lowest BCUT2D eigenvalue weighted by Gasteiger charge is -2.20. The van der Waals surface area contributed by atoms with Crippen LogP contribution in [0.2, 0.25) is 0 Å². The third kappa shape index (κ3) is 3.47. The Morgan fingerprint density at radius 2 is 1.91 bits per heavy atom. The summed E-state index contributed by atoms with van der Waals surface area (Å²) >= 11 is 0. The molecule has 1 aromatic heterocycles. The first-order valence-corrected chi connectivity index (χ1v) is 10.2. The fraction of sp³-hybridized carbons (Fsp3) is 0.120. The summed E-state index contributed by atoms with van der Waals surface area (Å²) in [4.78, 5) is 30.6. The predicted molar refractivity (Wildman–Crippen MR) is 120 cm³/mol. The molecule has 32 heavy (non-hydrogen) atoms. The third-order valence-corrected chi connectivity index (χ3v) is 5.67. The zero-order chi connectivity index (χ0) is 22.2. The number of carbonyl (C=O) groups is 2. The van der Waals surface area contributed by atoms with Crippen molar-refractivity contribution in [1.29, 1.82) is 0 Å². The van der Waals surface area contributed by atoms with Gasteiger partial charge in [0.05, 0.1) is 5.69 Å². The van der Waals surface area contributed by atoms with Crippen LogP contribution in [0.3, 0.4) is 0 Å². The number of benzene rings is 3. The van der Waals surface area contributed by atoms with E-state index < -0.39 is 6.04 Å². The molecule has 1 atom stereocenters. The van der Waals surface area contributed by atoms with E-state index in [0.29, 0.717) is 17.0 Å². The maximum Gasteiger partial charge on any atom is 0.252 e. The zero-order valence-electron chi connectivity index (χ0n) is 17.3. The average Bonchev–Trinajstić information content (AvgIpc) is 3.20. The number of carbonyl (C=O) groups excluding carboxylic acids is 2. The van der Waals surface area contributed by atoms with E-state index in [-0.39, 0.29) is 24.2 Å². The number of fused-ring (bicyclic) bond motifs is 2. The number of likely N-dealkylation sites (N-methyl/N-ethyl adjacent to an activating group) is 1. The van der Waals surface area contributed by atoms with Crippen molar-refractivity contribution in [3.63, 3.8) is 0 Å². The number of hydrogen-bond donors (Lipinski definition) is 2. The summed E-state index contributed by atoms with van der Waals surface area (Å²) in [6, 6.07) is 17.9. The smallest absolute Gasteiger partial charge is 0.252 e. The van der Waals surface area contributed by atoms with Crippen molar-refractivity contribution in [2.24, 2.45) is 0 Å². The number of amides is 2. The molecule has 4 aromatic rings. The van der Waals surface area contributed by atoms with Gasteiger partial charge in [-0.15, -0.1) is 0 Å². The van der Waals surface area contributed by atoms with Crippen molar-refractivity contribution in [1.82, 2.24) is 10.3 Å². The van der Waals surface area contributed by atoms with Gasteiger partial charge in [0.25, 0.3) is 11.8 Å². The minimum Gasteiger partial charge on any atom is -0.489 e. The van der Waals surface area contributed by atoms with Crippen LogP contribution in [0.15, 0.2) is 72.9 Å². The summed E-state index contributed by atoms with van der Waals surface area (Å²) in [5, 5.41) is 3.63. The molecular weight excluding hydrogens is 409 g/mol. The van der Waals surface area contributed by atoms with E-state index in [4.69, 9.17) is 4.74 Å². The summed E-state index contributed by atoms with van der Waals surface area (Å²) < 4.78 is 19.1. The maximum absolute atomic E-state index is 13.3. The highest BCUT2D eigenvalue weighted by Crippen LogP contribution is 2.31. The number of para-hydroxylation sites is 2. The molecule has 0 spiro atoms. The molecule has 3 aromatic carbocycles. The number of aromatic amines is 1. The highest BCUT2D eigenvalue weighted by atomic mass is 19.1. The van der Waals surface area contributed by atoms with Gasteiger partial charge in [-0.1, -0.05) is 24.3 Å². The van der Waals surface area contributed by atoms with E-state index >= 15 is 0 Å². The lowest BCUT2D eigenvalue weighted by molar-refractivity contribution is -0.120. The molecule has 1 unspecified atom stereocenters. The fourth-order valence-electron chi connectivity index (χ4n) is 3.93. The summed E-state index contributed by atoms with van der Waals surface area (Å²) in [5.74, 6) is -0.341. The lowest BCUT2D eigenvalue weighted by Crippen LogP contribution is -2.49. The van der Waals surface area contributed by atoms with Crippen molar-refractivity contribution in [2.45, 2.75) is 6.04 Å². The number of nitrogens with zero attached hydrogens (tertiary/aromatic N) is 1. The number of rotatable bonds is 3. The summed E-state index contributed by atoms with van der Waals surface area (Å²) in [7, 11) is 1.66. The Labute approximate surface area is 183 Å². The van der Waals surface area contributed by atoms with Gasteiger partial charge >= 0.3 is 0 Å². The Bertz CT molecular complexity index is 1330. The van der Waals surface area contributed by atoms with E-state index in [1.165, 1.54) is 17.0 Å². The first-order valence-electron chi connectivity index (χ1n) is 10.2. The Morgan fingerprint density at radius 1 is 1.12 bits per heavy atom. The van der Waals surface area contributed by atoms with E-state index in [9.17, 15) is 14.0 Å². The molecule has 0 bridgehead atoms. The Hall–Kier alpha value is -4.13. The van der Waals surface area contributed by atoms with E-state index in [2.05, 4.69) is 10.3 Å². The van der Waals surface area contributed by atoms with E-state index in [1.54, 1.807) is 43.4 Å². The number of nitrogens with one attached hydrogen (secondary N) is 2. The van der Waals surface area contributed by atoms with Crippen molar-refractivity contribution >= 4 is 28.4 Å². The second-order valence-electron chi connectivity index (χ2n) is 7.67. The SMILES string of the molecule is CN1C(=O)C(NC(=O)c2ccc3[nH]cc(-c4ccc(F)cc4)c3c2)COc2ccccc21. The van der Waals surface area contributed by atoms with Crippen molar-refractivity contribution in [2.75, 3.05) is 18.6 Å². The first-order chi connectivity index (χ1) is 15.5. The third-order valence-electron chi connectivity index (χ3n) is 5.67. The van der Waals surface area contributed by atoms with Crippen LogP contribution in [0.5, 0.6) is 5.75 Å². The van der Waals surface area contributed by atoms with Gasteiger partial charge in [-0.2, -0.15) is 0 Å². The number of ether oxygens (including phenoxy) is 1. The predicted octanol–water partition coefficient (Wildman–Crippen LogP) is 4.13. The first kappa shape index (κ1) is 19.8. The number of hydrogen-bond acceptors (Lipinski definition) is 3. The molecule has 6 nitrogen and oxygen atoms in total. The van der Waals surface area contributed by atoms with Crippen molar-refractivity contribution < 1.29 is 18.7 Å². The number of H-pyrrole nitrogens is 1. The molecule has 0 fully saturated rings. The second-order valence-corrected chi connectivity index (χ2v) is 7.67. The molecule has 0 radical (unpaired) electrons. The Balaban J connectivity index is 1.41. The van der Waals surface area contributed by atoms with Gasteiger partial charge in [0.2, 0.25) is 0 Å². The standard InChI is InChI=1S/C25H20FN3O3/c1-29-22-4-2-3-5-23(22)32-14-21(25(29)31)28-24(30)16-8-11-20-18(12-16)19(13-27-20)15-6-9-17(26)10-7-15/h2-13,21,27H,14H2,1H3,(H,28,30). The molecule has 5 rings (SSSR count). The topological polar surface area (TPSA) is 74.4 Å². The minimum atomic E-state index is -0.821. The average molecular weight is 429 g/mol. The fourth-order valence-corrected chi connectivity index (χ4v) is 3.93. The summed E-state index contributed by atoms with van der Waals surface area (Å²) in [6.07, 6.45) is 1.83. The van der Waals surface area contributed by atoms with Crippen LogP contribution in [-0.2, 0) is 4.79 Å². The van der Waals surface area contributed by atoms with Gasteiger partial charge in [-0.3, -0.25) is 9.59 Å². The van der Waals surface area contributed by atoms with Crippen molar-refractivity contribution in [3.8, 4) is 16.9 Å². The molecule has 1 aliphatic heterocycles. The van der Waals surface area contributed by atoms with Crippen LogP contribution in [0.4, 0.5) is 10.1 Å². The summed E-state index contributed by atoms with van der Waals surface area (Å²) in [6.45, 7) is 0.0408. The van der Waals surface area contributed by atoms with Crippen LogP contribution >= 0.6 is 0 Å². The molecule has 1 aliphatic rings.